The number of sulfonamides is 1. The Morgan fingerprint density at radius 3 is 2.21 bits per heavy atom. The van der Waals surface area contributed by atoms with E-state index in [1.54, 1.807) is 42.6 Å². The first-order chi connectivity index (χ1) is 18.5. The molecule has 9 heteroatoms. The summed E-state index contributed by atoms with van der Waals surface area (Å²) in [5, 5.41) is 4.15. The highest BCUT2D eigenvalue weighted by atomic mass is 79.9. The molecule has 0 fully saturated rings. The maximum absolute atomic E-state index is 13.5. The van der Waals surface area contributed by atoms with Crippen molar-refractivity contribution in [1.82, 2.24) is 9.99 Å². The summed E-state index contributed by atoms with van der Waals surface area (Å²) in [6.45, 7) is 9.62. The number of aromatic nitrogens is 1. The van der Waals surface area contributed by atoms with Crippen molar-refractivity contribution in [2.24, 2.45) is 5.10 Å². The van der Waals surface area contributed by atoms with Crippen molar-refractivity contribution >= 4 is 43.8 Å². The van der Waals surface area contributed by atoms with Crippen LogP contribution in [0.15, 0.2) is 87.3 Å². The number of carbonyl (C=O) groups excluding carboxylic acids is 1. The van der Waals surface area contributed by atoms with Gasteiger partial charge in [-0.2, -0.15) is 5.10 Å². The lowest BCUT2D eigenvalue weighted by Gasteiger charge is -2.23. The van der Waals surface area contributed by atoms with Gasteiger partial charge in [-0.25, -0.2) is 13.8 Å². The molecule has 7 nitrogen and oxygen atoms in total. The average Bonchev–Trinajstić information content (AvgIpc) is 3.16. The van der Waals surface area contributed by atoms with Crippen molar-refractivity contribution in [3.63, 3.8) is 0 Å². The van der Waals surface area contributed by atoms with Gasteiger partial charge < -0.3 is 4.57 Å². The van der Waals surface area contributed by atoms with Gasteiger partial charge in [-0.1, -0.05) is 51.3 Å². The van der Waals surface area contributed by atoms with Crippen LogP contribution in [0.3, 0.4) is 0 Å². The van der Waals surface area contributed by atoms with Crippen molar-refractivity contribution in [3.05, 3.63) is 111 Å². The van der Waals surface area contributed by atoms with Gasteiger partial charge in [0, 0.05) is 27.1 Å². The first-order valence-electron chi connectivity index (χ1n) is 12.4. The zero-order valence-electron chi connectivity index (χ0n) is 22.6. The fraction of sp³-hybridized carbons (Fsp3) is 0.200. The molecule has 0 aliphatic carbocycles. The van der Waals surface area contributed by atoms with Crippen LogP contribution in [0.5, 0.6) is 0 Å². The minimum atomic E-state index is -4.00. The maximum atomic E-state index is 13.5. The highest BCUT2D eigenvalue weighted by Crippen LogP contribution is 2.26. The highest BCUT2D eigenvalue weighted by molar-refractivity contribution is 9.10. The van der Waals surface area contributed by atoms with E-state index in [4.69, 9.17) is 0 Å². The quantitative estimate of drug-likeness (QED) is 0.193. The summed E-state index contributed by atoms with van der Waals surface area (Å²) in [7, 11) is -4.00. The summed E-state index contributed by atoms with van der Waals surface area (Å²) in [5.74, 6) is -0.562. The number of hydrogen-bond acceptors (Lipinski definition) is 4. The van der Waals surface area contributed by atoms with Gasteiger partial charge in [0.1, 0.15) is 6.54 Å². The minimum absolute atomic E-state index is 0.103. The number of carbonyl (C=O) groups is 1. The van der Waals surface area contributed by atoms with E-state index in [2.05, 4.69) is 63.1 Å². The molecule has 39 heavy (non-hydrogen) atoms. The third-order valence-corrected chi connectivity index (χ3v) is 8.78. The molecular formula is C30H31BrN4O3S. The first kappa shape index (κ1) is 28.3. The molecule has 202 valence electrons. The lowest BCUT2D eigenvalue weighted by molar-refractivity contribution is -0.119. The van der Waals surface area contributed by atoms with Crippen molar-refractivity contribution < 1.29 is 13.2 Å². The molecule has 0 atom stereocenters. The number of halogens is 1. The predicted molar refractivity (Wildman–Crippen MR) is 160 cm³/mol. The van der Waals surface area contributed by atoms with Crippen LogP contribution in [0.2, 0.25) is 0 Å². The van der Waals surface area contributed by atoms with Crippen molar-refractivity contribution in [2.75, 3.05) is 10.8 Å². The fourth-order valence-corrected chi connectivity index (χ4v) is 6.13. The van der Waals surface area contributed by atoms with Crippen molar-refractivity contribution in [1.29, 1.82) is 0 Å². The molecule has 0 saturated carbocycles. The van der Waals surface area contributed by atoms with Gasteiger partial charge in [0.2, 0.25) is 0 Å². The molecule has 0 aliphatic rings. The number of benzene rings is 3. The van der Waals surface area contributed by atoms with Crippen LogP contribution in [-0.2, 0) is 14.8 Å². The van der Waals surface area contributed by atoms with Crippen molar-refractivity contribution in [2.45, 2.75) is 39.5 Å². The van der Waals surface area contributed by atoms with Crippen LogP contribution in [0.25, 0.3) is 5.69 Å². The number of amides is 1. The standard InChI is InChI=1S/C30H31BrN4O3S/c1-20-6-13-28(14-7-20)39(37,38)34(27-11-9-26(31)10-12-27)19-30(36)33-32-18-25-17-23(4)35(24(25)5)29-15-8-21(2)16-22(29)3/h6-18H,19H2,1-5H3,(H,33,36)/b32-18-. The fourth-order valence-electron chi connectivity index (χ4n) is 4.44. The van der Waals surface area contributed by atoms with Gasteiger partial charge in [0.05, 0.1) is 16.8 Å². The molecule has 1 aromatic heterocycles. The van der Waals surface area contributed by atoms with Crippen LogP contribution >= 0.6 is 15.9 Å². The third-order valence-electron chi connectivity index (χ3n) is 6.47. The number of hydrogen-bond donors (Lipinski definition) is 1. The van der Waals surface area contributed by atoms with Crippen LogP contribution < -0.4 is 9.73 Å². The van der Waals surface area contributed by atoms with Gasteiger partial charge in [0.25, 0.3) is 15.9 Å². The second kappa shape index (κ2) is 11.6. The van der Waals surface area contributed by atoms with E-state index in [0.717, 1.165) is 42.5 Å². The zero-order valence-corrected chi connectivity index (χ0v) is 25.0. The monoisotopic (exact) mass is 606 g/mol. The molecule has 3 aromatic carbocycles. The third kappa shape index (κ3) is 6.32. The minimum Gasteiger partial charge on any atom is -0.318 e. The number of nitrogens with zero attached hydrogens (tertiary/aromatic N) is 3. The molecule has 0 spiro atoms. The van der Waals surface area contributed by atoms with E-state index >= 15 is 0 Å². The molecule has 1 N–H and O–H groups in total. The Kier molecular flexibility index (Phi) is 8.42. The Hall–Kier alpha value is -3.69. The lowest BCUT2D eigenvalue weighted by Crippen LogP contribution is -2.39. The molecule has 0 unspecified atom stereocenters. The van der Waals surface area contributed by atoms with E-state index in [1.165, 1.54) is 17.7 Å². The van der Waals surface area contributed by atoms with Gasteiger partial charge in [-0.15, -0.1) is 0 Å². The SMILES string of the molecule is Cc1ccc(S(=O)(=O)N(CC(=O)N/N=C\c2cc(C)n(-c3ccc(C)cc3C)c2C)c2ccc(Br)cc2)cc1. The van der Waals surface area contributed by atoms with E-state index in [9.17, 15) is 13.2 Å². The van der Waals surface area contributed by atoms with Crippen molar-refractivity contribution in [3.8, 4) is 5.69 Å². The molecule has 0 aliphatic heterocycles. The summed E-state index contributed by atoms with van der Waals surface area (Å²) in [6.07, 6.45) is 1.58. The Balaban J connectivity index is 1.56. The smallest absolute Gasteiger partial charge is 0.264 e. The number of rotatable bonds is 8. The van der Waals surface area contributed by atoms with Gasteiger partial charge in [-0.05, 0) is 88.7 Å². The largest absolute Gasteiger partial charge is 0.318 e. The van der Waals surface area contributed by atoms with Crippen LogP contribution in [0, 0.1) is 34.6 Å². The van der Waals surface area contributed by atoms with E-state index in [0.29, 0.717) is 5.69 Å². The van der Waals surface area contributed by atoms with Crippen LogP contribution in [0.1, 0.15) is 33.6 Å². The normalized spacial score (nSPS) is 11.6. The van der Waals surface area contributed by atoms with Crippen LogP contribution in [-0.4, -0.2) is 31.7 Å². The Morgan fingerprint density at radius 1 is 0.923 bits per heavy atom. The topological polar surface area (TPSA) is 83.8 Å². The lowest BCUT2D eigenvalue weighted by atomic mass is 10.1. The molecule has 0 saturated heterocycles. The van der Waals surface area contributed by atoms with E-state index < -0.39 is 22.5 Å². The molecule has 0 bridgehead atoms. The molecule has 0 radical (unpaired) electrons. The summed E-state index contributed by atoms with van der Waals surface area (Å²) in [4.78, 5) is 13.0. The van der Waals surface area contributed by atoms with E-state index in [1.807, 2.05) is 26.8 Å². The number of nitrogens with one attached hydrogen (secondary N) is 1. The number of hydrazone groups is 1. The summed E-state index contributed by atoms with van der Waals surface area (Å²) in [5.41, 5.74) is 10.1. The number of aryl methyl sites for hydroxylation is 4. The Bertz CT molecular complexity index is 1640. The van der Waals surface area contributed by atoms with Gasteiger partial charge in [0.15, 0.2) is 0 Å². The summed E-state index contributed by atoms with van der Waals surface area (Å²) >= 11 is 3.37. The summed E-state index contributed by atoms with van der Waals surface area (Å²) < 4.78 is 31.1. The van der Waals surface area contributed by atoms with Gasteiger partial charge in [-0.3, -0.25) is 9.10 Å². The first-order valence-corrected chi connectivity index (χ1v) is 14.6. The summed E-state index contributed by atoms with van der Waals surface area (Å²) in [6, 6.07) is 21.6. The molecule has 1 heterocycles. The number of anilines is 1. The average molecular weight is 608 g/mol. The molecule has 1 amide bonds. The maximum Gasteiger partial charge on any atom is 0.264 e. The molecule has 4 aromatic rings. The highest BCUT2D eigenvalue weighted by Gasteiger charge is 2.27. The van der Waals surface area contributed by atoms with Crippen LogP contribution in [0.4, 0.5) is 5.69 Å². The Labute approximate surface area is 238 Å². The molecular weight excluding hydrogens is 576 g/mol. The zero-order chi connectivity index (χ0) is 28.3. The Morgan fingerprint density at radius 2 is 1.56 bits per heavy atom. The second-order valence-electron chi connectivity index (χ2n) is 9.55. The second-order valence-corrected chi connectivity index (χ2v) is 12.3. The molecule has 4 rings (SSSR count). The van der Waals surface area contributed by atoms with Gasteiger partial charge >= 0.3 is 0 Å². The van der Waals surface area contributed by atoms with E-state index in [-0.39, 0.29) is 4.90 Å². The predicted octanol–water partition coefficient (Wildman–Crippen LogP) is 6.13.